The highest BCUT2D eigenvalue weighted by atomic mass is 16.1. The molecule has 2 rings (SSSR count). The predicted molar refractivity (Wildman–Crippen MR) is 73.7 cm³/mol. The zero-order chi connectivity index (χ0) is 13.0. The number of benzene rings is 1. The molecule has 0 heterocycles. The monoisotopic (exact) mass is 246 g/mol. The number of hydrogen-bond donors (Lipinski definition) is 2. The lowest BCUT2D eigenvalue weighted by molar-refractivity contribution is 0.0924. The van der Waals surface area contributed by atoms with Gasteiger partial charge in [0.1, 0.15) is 0 Å². The average Bonchev–Trinajstić information content (AvgIpc) is 2.39. The van der Waals surface area contributed by atoms with Gasteiger partial charge in [0.2, 0.25) is 0 Å². The summed E-state index contributed by atoms with van der Waals surface area (Å²) in [5.74, 6) is 0.0617. The van der Waals surface area contributed by atoms with Gasteiger partial charge in [-0.15, -0.1) is 0 Å². The summed E-state index contributed by atoms with van der Waals surface area (Å²) >= 11 is 0. The molecule has 2 N–H and O–H groups in total. The molecule has 0 unspecified atom stereocenters. The van der Waals surface area contributed by atoms with Crippen LogP contribution in [-0.2, 0) is 0 Å². The molecule has 0 saturated heterocycles. The Morgan fingerprint density at radius 2 is 1.83 bits per heavy atom. The maximum Gasteiger partial charge on any atom is 0.251 e. The van der Waals surface area contributed by atoms with Gasteiger partial charge in [-0.1, -0.05) is 17.7 Å². The third-order valence-corrected chi connectivity index (χ3v) is 3.75. The number of carbonyl (C=O) groups excluding carboxylic acids is 1. The fourth-order valence-corrected chi connectivity index (χ4v) is 2.58. The van der Waals surface area contributed by atoms with E-state index in [1.54, 1.807) is 0 Å². The summed E-state index contributed by atoms with van der Waals surface area (Å²) in [5.41, 5.74) is 1.90. The Kier molecular flexibility index (Phi) is 4.37. The number of amides is 1. The van der Waals surface area contributed by atoms with E-state index in [9.17, 15) is 4.79 Å². The van der Waals surface area contributed by atoms with Crippen molar-refractivity contribution in [3.63, 3.8) is 0 Å². The third kappa shape index (κ3) is 3.33. The molecule has 3 heteroatoms. The Morgan fingerprint density at radius 3 is 2.44 bits per heavy atom. The molecule has 1 saturated carbocycles. The second-order valence-electron chi connectivity index (χ2n) is 5.18. The molecule has 0 spiro atoms. The Labute approximate surface area is 109 Å². The first kappa shape index (κ1) is 13.1. The van der Waals surface area contributed by atoms with Crippen LogP contribution in [0.2, 0.25) is 0 Å². The molecule has 0 bridgehead atoms. The molecule has 0 aliphatic heterocycles. The number of carbonyl (C=O) groups is 1. The van der Waals surface area contributed by atoms with Crippen LogP contribution in [0.1, 0.15) is 41.6 Å². The maximum absolute atomic E-state index is 12.1. The van der Waals surface area contributed by atoms with Crippen LogP contribution in [0.5, 0.6) is 0 Å². The van der Waals surface area contributed by atoms with Gasteiger partial charge in [-0.3, -0.25) is 4.79 Å². The van der Waals surface area contributed by atoms with Gasteiger partial charge in [-0.2, -0.15) is 0 Å². The van der Waals surface area contributed by atoms with Gasteiger partial charge in [0.15, 0.2) is 0 Å². The van der Waals surface area contributed by atoms with E-state index >= 15 is 0 Å². The molecule has 1 aromatic carbocycles. The highest BCUT2D eigenvalue weighted by molar-refractivity contribution is 5.94. The molecule has 0 aromatic heterocycles. The normalized spacial score (nSPS) is 23.7. The van der Waals surface area contributed by atoms with Gasteiger partial charge in [0.25, 0.3) is 5.91 Å². The highest BCUT2D eigenvalue weighted by Gasteiger charge is 2.21. The van der Waals surface area contributed by atoms with Crippen LogP contribution in [0.4, 0.5) is 0 Å². The van der Waals surface area contributed by atoms with Gasteiger partial charge in [0, 0.05) is 17.6 Å². The summed E-state index contributed by atoms with van der Waals surface area (Å²) in [6.45, 7) is 2.01. The molecule has 18 heavy (non-hydrogen) atoms. The molecule has 1 aromatic rings. The lowest BCUT2D eigenvalue weighted by atomic mass is 9.91. The highest BCUT2D eigenvalue weighted by Crippen LogP contribution is 2.18. The van der Waals surface area contributed by atoms with Crippen molar-refractivity contribution in [2.75, 3.05) is 7.05 Å². The van der Waals surface area contributed by atoms with E-state index in [1.165, 1.54) is 0 Å². The molecule has 1 fully saturated rings. The van der Waals surface area contributed by atoms with E-state index in [-0.39, 0.29) is 5.91 Å². The minimum Gasteiger partial charge on any atom is -0.349 e. The lowest BCUT2D eigenvalue weighted by Gasteiger charge is -2.28. The first-order chi connectivity index (χ1) is 8.69. The second kappa shape index (κ2) is 6.01. The standard InChI is InChI=1S/C15H22N2O/c1-11-4-3-5-12(10-11)15(18)17-14-8-6-13(16-2)7-9-14/h3-5,10,13-14,16H,6-9H2,1-2H3,(H,17,18). The van der Waals surface area contributed by atoms with Crippen molar-refractivity contribution in [2.45, 2.75) is 44.7 Å². The van der Waals surface area contributed by atoms with E-state index in [0.29, 0.717) is 12.1 Å². The number of rotatable bonds is 3. The van der Waals surface area contributed by atoms with E-state index in [4.69, 9.17) is 0 Å². The summed E-state index contributed by atoms with van der Waals surface area (Å²) in [7, 11) is 2.01. The number of hydrogen-bond acceptors (Lipinski definition) is 2. The van der Waals surface area contributed by atoms with Crippen LogP contribution in [0.25, 0.3) is 0 Å². The van der Waals surface area contributed by atoms with Crippen molar-refractivity contribution in [3.05, 3.63) is 35.4 Å². The first-order valence-electron chi connectivity index (χ1n) is 6.74. The van der Waals surface area contributed by atoms with Crippen LogP contribution < -0.4 is 10.6 Å². The maximum atomic E-state index is 12.1. The Balaban J connectivity index is 1.89. The number of aryl methyl sites for hydroxylation is 1. The van der Waals surface area contributed by atoms with Gasteiger partial charge in [0.05, 0.1) is 0 Å². The summed E-state index contributed by atoms with van der Waals surface area (Å²) in [6, 6.07) is 8.72. The number of nitrogens with one attached hydrogen (secondary N) is 2. The largest absolute Gasteiger partial charge is 0.349 e. The van der Waals surface area contributed by atoms with Crippen LogP contribution in [-0.4, -0.2) is 25.0 Å². The first-order valence-corrected chi connectivity index (χ1v) is 6.74. The zero-order valence-corrected chi connectivity index (χ0v) is 11.2. The quantitative estimate of drug-likeness (QED) is 0.859. The molecule has 98 valence electrons. The Bertz CT molecular complexity index is 409. The predicted octanol–water partition coefficient (Wildman–Crippen LogP) is 2.26. The van der Waals surface area contributed by atoms with Crippen molar-refractivity contribution in [3.8, 4) is 0 Å². The second-order valence-corrected chi connectivity index (χ2v) is 5.18. The van der Waals surface area contributed by atoms with E-state index < -0.39 is 0 Å². The molecule has 3 nitrogen and oxygen atoms in total. The van der Waals surface area contributed by atoms with Crippen molar-refractivity contribution in [2.24, 2.45) is 0 Å². The Morgan fingerprint density at radius 1 is 1.17 bits per heavy atom. The van der Waals surface area contributed by atoms with Crippen molar-refractivity contribution >= 4 is 5.91 Å². The van der Waals surface area contributed by atoms with Gasteiger partial charge < -0.3 is 10.6 Å². The summed E-state index contributed by atoms with van der Waals surface area (Å²) in [4.78, 5) is 12.1. The third-order valence-electron chi connectivity index (χ3n) is 3.75. The zero-order valence-electron chi connectivity index (χ0n) is 11.2. The molecule has 1 amide bonds. The molecule has 1 aliphatic rings. The fraction of sp³-hybridized carbons (Fsp3) is 0.533. The van der Waals surface area contributed by atoms with Crippen molar-refractivity contribution in [1.82, 2.24) is 10.6 Å². The SMILES string of the molecule is CNC1CCC(NC(=O)c2cccc(C)c2)CC1. The minimum atomic E-state index is 0.0617. The van der Waals surface area contributed by atoms with E-state index in [2.05, 4.69) is 10.6 Å². The smallest absolute Gasteiger partial charge is 0.251 e. The lowest BCUT2D eigenvalue weighted by Crippen LogP contribution is -2.41. The molecule has 0 atom stereocenters. The van der Waals surface area contributed by atoms with Gasteiger partial charge in [-0.25, -0.2) is 0 Å². The van der Waals surface area contributed by atoms with Crippen molar-refractivity contribution < 1.29 is 4.79 Å². The molecular formula is C15H22N2O. The Hall–Kier alpha value is -1.35. The summed E-state index contributed by atoms with van der Waals surface area (Å²) in [6.07, 6.45) is 4.44. The topological polar surface area (TPSA) is 41.1 Å². The fourth-order valence-electron chi connectivity index (χ4n) is 2.58. The van der Waals surface area contributed by atoms with Crippen LogP contribution in [0.3, 0.4) is 0 Å². The van der Waals surface area contributed by atoms with Crippen LogP contribution >= 0.6 is 0 Å². The van der Waals surface area contributed by atoms with Crippen LogP contribution in [0, 0.1) is 6.92 Å². The summed E-state index contributed by atoms with van der Waals surface area (Å²) < 4.78 is 0. The molecule has 0 radical (unpaired) electrons. The summed E-state index contributed by atoms with van der Waals surface area (Å²) in [5, 5.41) is 6.44. The molecular weight excluding hydrogens is 224 g/mol. The van der Waals surface area contributed by atoms with E-state index in [1.807, 2.05) is 38.2 Å². The average molecular weight is 246 g/mol. The van der Waals surface area contributed by atoms with Crippen LogP contribution in [0.15, 0.2) is 24.3 Å². The van der Waals surface area contributed by atoms with Gasteiger partial charge in [-0.05, 0) is 51.8 Å². The van der Waals surface area contributed by atoms with Crippen molar-refractivity contribution in [1.29, 1.82) is 0 Å². The molecule has 1 aliphatic carbocycles. The minimum absolute atomic E-state index is 0.0617. The van der Waals surface area contributed by atoms with Gasteiger partial charge >= 0.3 is 0 Å². The van der Waals surface area contributed by atoms with E-state index in [0.717, 1.165) is 36.8 Å².